The highest BCUT2D eigenvalue weighted by Crippen LogP contribution is 2.15. The van der Waals surface area contributed by atoms with Crippen LogP contribution in [0.5, 0.6) is 6.01 Å². The molecule has 0 atom stereocenters. The lowest BCUT2D eigenvalue weighted by Crippen LogP contribution is -2.23. The summed E-state index contributed by atoms with van der Waals surface area (Å²) in [5, 5.41) is 5.01. The highest BCUT2D eigenvalue weighted by atomic mass is 32.1. The summed E-state index contributed by atoms with van der Waals surface area (Å²) in [6.45, 7) is 3.29. The van der Waals surface area contributed by atoms with Crippen molar-refractivity contribution in [2.24, 2.45) is 0 Å². The Morgan fingerprint density at radius 2 is 2.20 bits per heavy atom. The van der Waals surface area contributed by atoms with Crippen molar-refractivity contribution in [1.82, 2.24) is 15.0 Å². The van der Waals surface area contributed by atoms with E-state index in [1.54, 1.807) is 18.4 Å². The Morgan fingerprint density at radius 3 is 2.85 bits per heavy atom. The average Bonchev–Trinajstić information content (AvgIpc) is 2.98. The molecule has 0 aliphatic heterocycles. The SMILES string of the molecule is CCOc1nc(NC)nc(N(C)CCc2cccs2)n1. The maximum atomic E-state index is 5.36. The molecule has 2 rings (SSSR count). The molecule has 1 N–H and O–H groups in total. The number of ether oxygens (including phenoxy) is 1. The fraction of sp³-hybridized carbons (Fsp3) is 0.462. The zero-order chi connectivity index (χ0) is 14.4. The monoisotopic (exact) mass is 293 g/mol. The smallest absolute Gasteiger partial charge is 0.323 e. The topological polar surface area (TPSA) is 63.2 Å². The Kier molecular flexibility index (Phi) is 5.11. The first kappa shape index (κ1) is 14.5. The van der Waals surface area contributed by atoms with E-state index in [2.05, 4.69) is 37.8 Å². The summed E-state index contributed by atoms with van der Waals surface area (Å²) in [6.07, 6.45) is 0.971. The third-order valence-electron chi connectivity index (χ3n) is 2.72. The van der Waals surface area contributed by atoms with Crippen molar-refractivity contribution in [3.63, 3.8) is 0 Å². The van der Waals surface area contributed by atoms with Crippen LogP contribution in [-0.4, -0.2) is 42.2 Å². The molecule has 0 saturated heterocycles. The molecule has 0 amide bonds. The van der Waals surface area contributed by atoms with Crippen LogP contribution in [-0.2, 0) is 6.42 Å². The van der Waals surface area contributed by atoms with Gasteiger partial charge in [-0.3, -0.25) is 0 Å². The van der Waals surface area contributed by atoms with Crippen LogP contribution in [0.3, 0.4) is 0 Å². The lowest BCUT2D eigenvalue weighted by Gasteiger charge is -2.17. The van der Waals surface area contributed by atoms with Crippen LogP contribution in [0, 0.1) is 0 Å². The normalized spacial score (nSPS) is 10.3. The molecule has 2 aromatic rings. The van der Waals surface area contributed by atoms with Crippen LogP contribution in [0.2, 0.25) is 0 Å². The second kappa shape index (κ2) is 7.04. The lowest BCUT2D eigenvalue weighted by atomic mass is 10.3. The third-order valence-corrected chi connectivity index (χ3v) is 3.65. The van der Waals surface area contributed by atoms with Gasteiger partial charge in [-0.1, -0.05) is 6.07 Å². The van der Waals surface area contributed by atoms with Crippen LogP contribution in [0.25, 0.3) is 0 Å². The van der Waals surface area contributed by atoms with E-state index in [1.807, 2.05) is 18.9 Å². The molecule has 108 valence electrons. The number of anilines is 2. The Labute approximate surface area is 122 Å². The standard InChI is InChI=1S/C13H19N5OS/c1-4-19-13-16-11(14-2)15-12(17-13)18(3)8-7-10-6-5-9-20-10/h5-6,9H,4,7-8H2,1-3H3,(H,14,15,16,17). The summed E-state index contributed by atoms with van der Waals surface area (Å²) in [6, 6.07) is 4.55. The molecule has 0 radical (unpaired) electrons. The molecule has 7 heteroatoms. The fourth-order valence-corrected chi connectivity index (χ4v) is 2.35. The zero-order valence-electron chi connectivity index (χ0n) is 12.0. The highest BCUT2D eigenvalue weighted by molar-refractivity contribution is 7.09. The molecule has 2 aromatic heterocycles. The largest absolute Gasteiger partial charge is 0.464 e. The van der Waals surface area contributed by atoms with E-state index in [-0.39, 0.29) is 0 Å². The van der Waals surface area contributed by atoms with Crippen LogP contribution in [0.4, 0.5) is 11.9 Å². The van der Waals surface area contributed by atoms with E-state index in [0.717, 1.165) is 13.0 Å². The van der Waals surface area contributed by atoms with Crippen molar-refractivity contribution in [1.29, 1.82) is 0 Å². The minimum Gasteiger partial charge on any atom is -0.464 e. The molecule has 0 fully saturated rings. The van der Waals surface area contributed by atoms with Crippen LogP contribution < -0.4 is 15.0 Å². The van der Waals surface area contributed by atoms with Gasteiger partial charge in [0.2, 0.25) is 11.9 Å². The maximum Gasteiger partial charge on any atom is 0.323 e. The third kappa shape index (κ3) is 3.80. The zero-order valence-corrected chi connectivity index (χ0v) is 12.8. The second-order valence-electron chi connectivity index (χ2n) is 4.18. The lowest BCUT2D eigenvalue weighted by molar-refractivity contribution is 0.312. The Bertz CT molecular complexity index is 532. The molecular formula is C13H19N5OS. The predicted octanol–water partition coefficient (Wildman–Crippen LogP) is 2.05. The average molecular weight is 293 g/mol. The van der Waals surface area contributed by atoms with Gasteiger partial charge in [0.1, 0.15) is 0 Å². The Morgan fingerprint density at radius 1 is 1.35 bits per heavy atom. The minimum absolute atomic E-state index is 0.352. The van der Waals surface area contributed by atoms with E-state index < -0.39 is 0 Å². The van der Waals surface area contributed by atoms with Gasteiger partial charge in [0.15, 0.2) is 0 Å². The van der Waals surface area contributed by atoms with Crippen molar-refractivity contribution in [2.45, 2.75) is 13.3 Å². The molecule has 20 heavy (non-hydrogen) atoms. The van der Waals surface area contributed by atoms with Gasteiger partial charge >= 0.3 is 6.01 Å². The number of nitrogens with zero attached hydrogens (tertiary/aromatic N) is 4. The summed E-state index contributed by atoms with van der Waals surface area (Å²) >= 11 is 1.76. The molecule has 0 saturated carbocycles. The number of thiophene rings is 1. The van der Waals surface area contributed by atoms with Gasteiger partial charge in [-0.05, 0) is 24.8 Å². The number of nitrogens with one attached hydrogen (secondary N) is 1. The second-order valence-corrected chi connectivity index (χ2v) is 5.21. The van der Waals surface area contributed by atoms with Crippen molar-refractivity contribution in [3.05, 3.63) is 22.4 Å². The molecule has 0 unspecified atom stereocenters. The number of rotatable bonds is 7. The van der Waals surface area contributed by atoms with Gasteiger partial charge < -0.3 is 15.0 Å². The van der Waals surface area contributed by atoms with Crippen molar-refractivity contribution >= 4 is 23.2 Å². The maximum absolute atomic E-state index is 5.36. The number of aromatic nitrogens is 3. The van der Waals surface area contributed by atoms with Crippen molar-refractivity contribution in [2.75, 3.05) is 37.5 Å². The summed E-state index contributed by atoms with van der Waals surface area (Å²) in [7, 11) is 3.75. The van der Waals surface area contributed by atoms with E-state index in [9.17, 15) is 0 Å². The quantitative estimate of drug-likeness (QED) is 0.843. The number of hydrogen-bond acceptors (Lipinski definition) is 7. The number of hydrogen-bond donors (Lipinski definition) is 1. The summed E-state index contributed by atoms with van der Waals surface area (Å²) in [4.78, 5) is 16.2. The molecule has 0 aromatic carbocycles. The van der Waals surface area contributed by atoms with Gasteiger partial charge in [0.05, 0.1) is 6.61 Å². The van der Waals surface area contributed by atoms with Crippen molar-refractivity contribution < 1.29 is 4.74 Å². The van der Waals surface area contributed by atoms with Gasteiger partial charge in [-0.15, -0.1) is 11.3 Å². The highest BCUT2D eigenvalue weighted by Gasteiger charge is 2.10. The molecular weight excluding hydrogens is 274 g/mol. The van der Waals surface area contributed by atoms with Crippen molar-refractivity contribution in [3.8, 4) is 6.01 Å². The van der Waals surface area contributed by atoms with Crippen LogP contribution in [0.1, 0.15) is 11.8 Å². The molecule has 6 nitrogen and oxygen atoms in total. The van der Waals surface area contributed by atoms with Crippen LogP contribution in [0.15, 0.2) is 17.5 Å². The van der Waals surface area contributed by atoms with Crippen LogP contribution >= 0.6 is 11.3 Å². The van der Waals surface area contributed by atoms with E-state index >= 15 is 0 Å². The van der Waals surface area contributed by atoms with E-state index in [1.165, 1.54) is 4.88 Å². The minimum atomic E-state index is 0.352. The molecule has 0 bridgehead atoms. The van der Waals surface area contributed by atoms with E-state index in [0.29, 0.717) is 24.5 Å². The fourth-order valence-electron chi connectivity index (χ4n) is 1.65. The Balaban J connectivity index is 2.07. The Hall–Kier alpha value is -1.89. The summed E-state index contributed by atoms with van der Waals surface area (Å²) in [5.41, 5.74) is 0. The summed E-state index contributed by atoms with van der Waals surface area (Å²) < 4.78 is 5.36. The van der Waals surface area contributed by atoms with Gasteiger partial charge in [-0.2, -0.15) is 15.0 Å². The molecule has 0 aliphatic rings. The first-order valence-corrected chi connectivity index (χ1v) is 7.41. The first-order chi connectivity index (χ1) is 9.72. The molecule has 0 aliphatic carbocycles. The number of likely N-dealkylation sites (N-methyl/N-ethyl adjacent to an activating group) is 1. The van der Waals surface area contributed by atoms with Gasteiger partial charge in [-0.25, -0.2) is 0 Å². The first-order valence-electron chi connectivity index (χ1n) is 6.53. The predicted molar refractivity (Wildman–Crippen MR) is 81.8 cm³/mol. The van der Waals surface area contributed by atoms with E-state index in [4.69, 9.17) is 4.74 Å². The summed E-state index contributed by atoms with van der Waals surface area (Å²) in [5.74, 6) is 1.13. The van der Waals surface area contributed by atoms with Gasteiger partial charge in [0.25, 0.3) is 0 Å². The van der Waals surface area contributed by atoms with Gasteiger partial charge in [0, 0.05) is 25.5 Å². The molecule has 0 spiro atoms. The molecule has 2 heterocycles.